The van der Waals surface area contributed by atoms with Crippen LogP contribution in [-0.4, -0.2) is 0 Å². The van der Waals surface area contributed by atoms with Crippen LogP contribution in [0, 0.1) is 0 Å². The lowest BCUT2D eigenvalue weighted by Crippen LogP contribution is -2.13. The van der Waals surface area contributed by atoms with E-state index in [1.54, 1.807) is 11.3 Å². The van der Waals surface area contributed by atoms with Gasteiger partial charge in [0.2, 0.25) is 0 Å². The molecule has 0 N–H and O–H groups in total. The lowest BCUT2D eigenvalue weighted by atomic mass is 9.80. The molecule has 0 amide bonds. The average molecular weight is 421 g/mol. The number of hydrogen-bond donors (Lipinski definition) is 0. The van der Waals surface area contributed by atoms with Crippen molar-refractivity contribution in [3.63, 3.8) is 0 Å². The van der Waals surface area contributed by atoms with E-state index >= 15 is 0 Å². The Morgan fingerprint density at radius 2 is 2.05 bits per heavy atom. The van der Waals surface area contributed by atoms with E-state index in [1.807, 2.05) is 0 Å². The van der Waals surface area contributed by atoms with Crippen LogP contribution in [0.5, 0.6) is 0 Å². The van der Waals surface area contributed by atoms with Gasteiger partial charge >= 0.3 is 0 Å². The van der Waals surface area contributed by atoms with Crippen LogP contribution in [0.1, 0.15) is 40.1 Å². The number of thiophene rings is 1. The number of halogens is 3. The molecule has 1 aromatic carbocycles. The minimum absolute atomic E-state index is 0.0639. The Morgan fingerprint density at radius 3 is 2.79 bits per heavy atom. The minimum Gasteiger partial charge on any atom is -0.130 e. The molecular formula is C15H13Br2ClS. The normalized spacial score (nSPS) is 20.1. The van der Waals surface area contributed by atoms with Gasteiger partial charge in [-0.2, -0.15) is 0 Å². The molecule has 0 fully saturated rings. The van der Waals surface area contributed by atoms with Crippen LogP contribution in [0.3, 0.4) is 0 Å². The zero-order chi connectivity index (χ0) is 13.4. The fourth-order valence-corrected chi connectivity index (χ4v) is 5.38. The summed E-state index contributed by atoms with van der Waals surface area (Å²) in [6.07, 6.45) is 3.60. The summed E-state index contributed by atoms with van der Waals surface area (Å²) in [5, 5.41) is 0.0639. The molecule has 3 rings (SSSR count). The molecule has 2 aromatic rings. The summed E-state index contributed by atoms with van der Waals surface area (Å²) in [5.41, 5.74) is 2.91. The van der Waals surface area contributed by atoms with E-state index in [-0.39, 0.29) is 5.38 Å². The highest BCUT2D eigenvalue weighted by molar-refractivity contribution is 9.13. The van der Waals surface area contributed by atoms with Gasteiger partial charge in [0.05, 0.1) is 9.16 Å². The van der Waals surface area contributed by atoms with Gasteiger partial charge in [0.15, 0.2) is 0 Å². The van der Waals surface area contributed by atoms with E-state index in [4.69, 9.17) is 11.6 Å². The monoisotopic (exact) mass is 418 g/mol. The summed E-state index contributed by atoms with van der Waals surface area (Å²) >= 11 is 15.6. The summed E-state index contributed by atoms with van der Waals surface area (Å²) in [6.45, 7) is 0. The fourth-order valence-electron chi connectivity index (χ4n) is 2.79. The Morgan fingerprint density at radius 1 is 1.26 bits per heavy atom. The zero-order valence-corrected chi connectivity index (χ0v) is 14.9. The molecule has 1 aliphatic carbocycles. The Bertz CT molecular complexity index is 574. The van der Waals surface area contributed by atoms with Crippen LogP contribution in [0.15, 0.2) is 38.6 Å². The van der Waals surface area contributed by atoms with Crippen molar-refractivity contribution in [2.75, 3.05) is 0 Å². The summed E-state index contributed by atoms with van der Waals surface area (Å²) in [6, 6.07) is 10.9. The third-order valence-corrected chi connectivity index (χ3v) is 7.71. The van der Waals surface area contributed by atoms with Gasteiger partial charge in [0, 0.05) is 15.3 Å². The predicted molar refractivity (Wildman–Crippen MR) is 90.4 cm³/mol. The Hall–Kier alpha value is 0.170. The van der Waals surface area contributed by atoms with Gasteiger partial charge in [-0.1, -0.05) is 24.3 Å². The van der Waals surface area contributed by atoms with Crippen molar-refractivity contribution in [3.05, 3.63) is 54.6 Å². The van der Waals surface area contributed by atoms with Crippen molar-refractivity contribution in [2.45, 2.75) is 30.6 Å². The molecule has 4 heteroatoms. The standard InChI is InChI=1S/C15H13Br2ClS/c16-12-8-13(19-15(12)17)14(18)11-7-3-5-9-4-1-2-6-10(9)11/h1-2,4,6,8,11,14H,3,5,7H2. The van der Waals surface area contributed by atoms with Crippen LogP contribution >= 0.6 is 54.8 Å². The molecule has 0 radical (unpaired) electrons. The molecule has 0 aliphatic heterocycles. The van der Waals surface area contributed by atoms with Crippen LogP contribution < -0.4 is 0 Å². The first-order chi connectivity index (χ1) is 9.16. The first kappa shape index (κ1) is 14.1. The lowest BCUT2D eigenvalue weighted by Gasteiger charge is -2.28. The lowest BCUT2D eigenvalue weighted by molar-refractivity contribution is 0.542. The molecule has 2 unspecified atom stereocenters. The minimum atomic E-state index is 0.0639. The van der Waals surface area contributed by atoms with Gasteiger partial charge in [-0.3, -0.25) is 0 Å². The van der Waals surface area contributed by atoms with Crippen LogP contribution in [0.25, 0.3) is 0 Å². The van der Waals surface area contributed by atoms with Crippen molar-refractivity contribution in [2.24, 2.45) is 0 Å². The van der Waals surface area contributed by atoms with Crippen molar-refractivity contribution in [1.82, 2.24) is 0 Å². The van der Waals surface area contributed by atoms with Crippen molar-refractivity contribution < 1.29 is 0 Å². The Kier molecular flexibility index (Phi) is 4.37. The summed E-state index contributed by atoms with van der Waals surface area (Å²) < 4.78 is 2.22. The van der Waals surface area contributed by atoms with E-state index in [9.17, 15) is 0 Å². The molecular weight excluding hydrogens is 407 g/mol. The second kappa shape index (κ2) is 5.88. The smallest absolute Gasteiger partial charge is 0.0843 e. The second-order valence-electron chi connectivity index (χ2n) is 4.87. The molecule has 0 saturated heterocycles. The number of hydrogen-bond acceptors (Lipinski definition) is 1. The summed E-state index contributed by atoms with van der Waals surface area (Å²) in [7, 11) is 0. The first-order valence-corrected chi connectivity index (χ1v) is 9.17. The van der Waals surface area contributed by atoms with Crippen LogP contribution in [-0.2, 0) is 6.42 Å². The predicted octanol–water partition coefficient (Wildman–Crippen LogP) is 6.67. The number of benzene rings is 1. The van der Waals surface area contributed by atoms with E-state index in [0.29, 0.717) is 5.92 Å². The maximum absolute atomic E-state index is 6.77. The molecule has 0 bridgehead atoms. The van der Waals surface area contributed by atoms with E-state index in [2.05, 4.69) is 62.2 Å². The van der Waals surface area contributed by atoms with Crippen molar-refractivity contribution >= 4 is 54.8 Å². The molecule has 1 aromatic heterocycles. The third kappa shape index (κ3) is 2.80. The van der Waals surface area contributed by atoms with E-state index in [1.165, 1.54) is 35.3 Å². The average Bonchev–Trinajstić information content (AvgIpc) is 2.77. The molecule has 1 aliphatic rings. The van der Waals surface area contributed by atoms with Crippen LogP contribution in [0.2, 0.25) is 0 Å². The highest BCUT2D eigenvalue weighted by Gasteiger charge is 2.28. The fraction of sp³-hybridized carbons (Fsp3) is 0.333. The number of alkyl halides is 1. The molecule has 19 heavy (non-hydrogen) atoms. The SMILES string of the molecule is ClC(c1cc(Br)c(Br)s1)C1CCCc2ccccc21. The van der Waals surface area contributed by atoms with Gasteiger partial charge in [0.1, 0.15) is 0 Å². The molecule has 0 spiro atoms. The molecule has 100 valence electrons. The Labute approximate surface area is 139 Å². The topological polar surface area (TPSA) is 0 Å². The van der Waals surface area contributed by atoms with Gasteiger partial charge in [-0.05, 0) is 68.3 Å². The molecule has 0 nitrogen and oxygen atoms in total. The summed E-state index contributed by atoms with van der Waals surface area (Å²) in [4.78, 5) is 1.24. The van der Waals surface area contributed by atoms with Gasteiger partial charge in [0.25, 0.3) is 0 Å². The second-order valence-corrected chi connectivity index (χ2v) is 8.60. The molecule has 0 saturated carbocycles. The van der Waals surface area contributed by atoms with Gasteiger partial charge < -0.3 is 0 Å². The first-order valence-electron chi connectivity index (χ1n) is 6.33. The number of fused-ring (bicyclic) bond motifs is 1. The van der Waals surface area contributed by atoms with Crippen LogP contribution in [0.4, 0.5) is 0 Å². The number of rotatable bonds is 2. The highest BCUT2D eigenvalue weighted by Crippen LogP contribution is 2.47. The summed E-state index contributed by atoms with van der Waals surface area (Å²) in [5.74, 6) is 0.434. The third-order valence-electron chi connectivity index (χ3n) is 3.71. The largest absolute Gasteiger partial charge is 0.130 e. The number of aryl methyl sites for hydroxylation is 1. The quantitative estimate of drug-likeness (QED) is 0.476. The maximum Gasteiger partial charge on any atom is 0.0843 e. The van der Waals surface area contributed by atoms with Gasteiger partial charge in [-0.15, -0.1) is 22.9 Å². The molecule has 1 heterocycles. The Balaban J connectivity index is 1.95. The van der Waals surface area contributed by atoms with Gasteiger partial charge in [-0.25, -0.2) is 0 Å². The van der Waals surface area contributed by atoms with E-state index in [0.717, 1.165) is 8.26 Å². The molecule has 2 atom stereocenters. The zero-order valence-electron chi connectivity index (χ0n) is 10.2. The van der Waals surface area contributed by atoms with E-state index < -0.39 is 0 Å². The highest BCUT2D eigenvalue weighted by atomic mass is 79.9. The van der Waals surface area contributed by atoms with Crippen molar-refractivity contribution in [1.29, 1.82) is 0 Å². The van der Waals surface area contributed by atoms with Crippen molar-refractivity contribution in [3.8, 4) is 0 Å². The maximum atomic E-state index is 6.77.